The average molecular weight is 163 g/mol. The zero-order chi connectivity index (χ0) is 8.55. The minimum atomic E-state index is -0.0314. The van der Waals surface area contributed by atoms with Crippen LogP contribution in [-0.4, -0.2) is 9.55 Å². The smallest absolute Gasteiger partial charge is 0.253 e. The predicted octanol–water partition coefficient (Wildman–Crippen LogP) is -0.0534. The lowest BCUT2D eigenvalue weighted by Gasteiger charge is -2.14. The molecule has 2 heterocycles. The Bertz CT molecular complexity index is 392. The largest absolute Gasteiger partial charge is 0.396 e. The molecule has 2 N–H and O–H groups in total. The van der Waals surface area contributed by atoms with Crippen molar-refractivity contribution < 1.29 is 0 Å². The first-order valence-corrected chi connectivity index (χ1v) is 3.81. The summed E-state index contributed by atoms with van der Waals surface area (Å²) in [7, 11) is 0. The van der Waals surface area contributed by atoms with Gasteiger partial charge in [0.2, 0.25) is 0 Å². The van der Waals surface area contributed by atoms with Crippen LogP contribution in [0.5, 0.6) is 0 Å². The highest BCUT2D eigenvalue weighted by atomic mass is 16.1. The van der Waals surface area contributed by atoms with E-state index in [9.17, 15) is 4.79 Å². The van der Waals surface area contributed by atoms with E-state index in [4.69, 9.17) is 5.73 Å². The predicted molar refractivity (Wildman–Crippen MR) is 45.3 cm³/mol. The van der Waals surface area contributed by atoms with Crippen molar-refractivity contribution in [3.8, 4) is 0 Å². The van der Waals surface area contributed by atoms with Crippen molar-refractivity contribution in [2.24, 2.45) is 5.73 Å². The van der Waals surface area contributed by atoms with Gasteiger partial charge in [0.25, 0.3) is 5.56 Å². The van der Waals surface area contributed by atoms with E-state index in [0.717, 1.165) is 6.42 Å². The van der Waals surface area contributed by atoms with E-state index in [0.29, 0.717) is 18.1 Å². The van der Waals surface area contributed by atoms with Crippen LogP contribution >= 0.6 is 0 Å². The Kier molecular flexibility index (Phi) is 1.46. The quantitative estimate of drug-likeness (QED) is 0.583. The zero-order valence-electron chi connectivity index (χ0n) is 6.53. The van der Waals surface area contributed by atoms with Gasteiger partial charge in [0.05, 0.1) is 5.70 Å². The van der Waals surface area contributed by atoms with Gasteiger partial charge in [-0.2, -0.15) is 0 Å². The zero-order valence-corrected chi connectivity index (χ0v) is 6.53. The minimum Gasteiger partial charge on any atom is -0.396 e. The number of fused-ring (bicyclic) bond motifs is 1. The maximum atomic E-state index is 11.2. The number of hydrogen-bond donors (Lipinski definition) is 1. The Balaban J connectivity index is 2.71. The fraction of sp³-hybridized carbons (Fsp3) is 0.250. The van der Waals surface area contributed by atoms with Crippen molar-refractivity contribution in [2.45, 2.75) is 13.0 Å². The first-order chi connectivity index (χ1) is 5.79. The Morgan fingerprint density at radius 1 is 1.58 bits per heavy atom. The van der Waals surface area contributed by atoms with Crippen molar-refractivity contribution >= 4 is 5.70 Å². The fourth-order valence-electron chi connectivity index (χ4n) is 1.32. The van der Waals surface area contributed by atoms with Crippen molar-refractivity contribution in [3.63, 3.8) is 0 Å². The molecule has 1 aromatic rings. The molecule has 0 unspecified atom stereocenters. The summed E-state index contributed by atoms with van der Waals surface area (Å²) < 4.78 is 1.59. The highest BCUT2D eigenvalue weighted by Crippen LogP contribution is 2.10. The SMILES string of the molecule is NC1=CCCn2c1nccc2=O. The number of aromatic nitrogens is 2. The van der Waals surface area contributed by atoms with E-state index in [1.807, 2.05) is 6.08 Å². The topological polar surface area (TPSA) is 60.9 Å². The molecule has 4 nitrogen and oxygen atoms in total. The molecule has 0 saturated carbocycles. The number of nitrogens with two attached hydrogens (primary N) is 1. The van der Waals surface area contributed by atoms with Gasteiger partial charge >= 0.3 is 0 Å². The standard InChI is InChI=1S/C8H9N3O/c9-6-2-1-5-11-7(12)3-4-10-8(6)11/h2-4H,1,5,9H2. The molecule has 0 radical (unpaired) electrons. The van der Waals surface area contributed by atoms with Gasteiger partial charge in [-0.1, -0.05) is 6.08 Å². The Morgan fingerprint density at radius 2 is 2.42 bits per heavy atom. The summed E-state index contributed by atoms with van der Waals surface area (Å²) in [4.78, 5) is 15.3. The summed E-state index contributed by atoms with van der Waals surface area (Å²) in [5.41, 5.74) is 6.22. The molecule has 0 amide bonds. The van der Waals surface area contributed by atoms with Gasteiger partial charge in [-0.05, 0) is 6.42 Å². The minimum absolute atomic E-state index is 0.0314. The van der Waals surface area contributed by atoms with Gasteiger partial charge in [0.15, 0.2) is 5.82 Å². The van der Waals surface area contributed by atoms with Crippen LogP contribution in [0.1, 0.15) is 12.2 Å². The van der Waals surface area contributed by atoms with E-state index >= 15 is 0 Å². The first kappa shape index (κ1) is 7.09. The van der Waals surface area contributed by atoms with Crippen molar-refractivity contribution in [2.75, 3.05) is 0 Å². The number of hydrogen-bond acceptors (Lipinski definition) is 3. The van der Waals surface area contributed by atoms with Crippen LogP contribution in [-0.2, 0) is 6.54 Å². The normalized spacial score (nSPS) is 15.2. The molecule has 4 heteroatoms. The van der Waals surface area contributed by atoms with Crippen LogP contribution in [0.2, 0.25) is 0 Å². The van der Waals surface area contributed by atoms with Crippen LogP contribution in [0, 0.1) is 0 Å². The second kappa shape index (κ2) is 2.48. The van der Waals surface area contributed by atoms with Gasteiger partial charge in [0, 0.05) is 18.8 Å². The Hall–Kier alpha value is -1.58. The lowest BCUT2D eigenvalue weighted by Crippen LogP contribution is -2.27. The summed E-state index contributed by atoms with van der Waals surface area (Å²) in [6.45, 7) is 0.683. The third kappa shape index (κ3) is 0.922. The van der Waals surface area contributed by atoms with Crippen molar-refractivity contribution in [1.29, 1.82) is 0 Å². The van der Waals surface area contributed by atoms with Gasteiger partial charge < -0.3 is 5.73 Å². The summed E-state index contributed by atoms with van der Waals surface area (Å²) in [5.74, 6) is 0.591. The number of nitrogens with zero attached hydrogens (tertiary/aromatic N) is 2. The Morgan fingerprint density at radius 3 is 3.17 bits per heavy atom. The molecule has 12 heavy (non-hydrogen) atoms. The Labute approximate surface area is 69.3 Å². The molecule has 2 rings (SSSR count). The second-order valence-corrected chi connectivity index (χ2v) is 2.71. The van der Waals surface area contributed by atoms with Crippen molar-refractivity contribution in [3.05, 3.63) is 34.5 Å². The lowest BCUT2D eigenvalue weighted by molar-refractivity contribution is 0.638. The third-order valence-electron chi connectivity index (χ3n) is 1.91. The van der Waals surface area contributed by atoms with E-state index in [-0.39, 0.29) is 5.56 Å². The average Bonchev–Trinajstić information content (AvgIpc) is 2.07. The summed E-state index contributed by atoms with van der Waals surface area (Å²) in [6.07, 6.45) is 4.19. The molecule has 0 fully saturated rings. The molecule has 0 atom stereocenters. The number of allylic oxidation sites excluding steroid dienone is 1. The first-order valence-electron chi connectivity index (χ1n) is 3.81. The highest BCUT2D eigenvalue weighted by molar-refractivity contribution is 5.57. The van der Waals surface area contributed by atoms with Crippen LogP contribution < -0.4 is 11.3 Å². The number of rotatable bonds is 0. The summed E-state index contributed by atoms with van der Waals surface area (Å²) in [6, 6.07) is 1.45. The van der Waals surface area contributed by atoms with Gasteiger partial charge in [-0.3, -0.25) is 9.36 Å². The maximum absolute atomic E-state index is 11.2. The molecule has 0 aromatic carbocycles. The van der Waals surface area contributed by atoms with E-state index in [2.05, 4.69) is 4.98 Å². The van der Waals surface area contributed by atoms with Crippen molar-refractivity contribution in [1.82, 2.24) is 9.55 Å². The van der Waals surface area contributed by atoms with Gasteiger partial charge in [-0.15, -0.1) is 0 Å². The maximum Gasteiger partial charge on any atom is 0.253 e. The van der Waals surface area contributed by atoms with Gasteiger partial charge in [-0.25, -0.2) is 4.98 Å². The van der Waals surface area contributed by atoms with E-state index in [1.165, 1.54) is 12.3 Å². The summed E-state index contributed by atoms with van der Waals surface area (Å²) >= 11 is 0. The molecule has 0 saturated heterocycles. The molecule has 0 spiro atoms. The van der Waals surface area contributed by atoms with Crippen LogP contribution in [0.3, 0.4) is 0 Å². The third-order valence-corrected chi connectivity index (χ3v) is 1.91. The van der Waals surface area contributed by atoms with Crippen LogP contribution in [0.25, 0.3) is 5.70 Å². The molecular formula is C8H9N3O. The molecule has 1 aliphatic heterocycles. The van der Waals surface area contributed by atoms with E-state index in [1.54, 1.807) is 4.57 Å². The molecule has 0 bridgehead atoms. The molecule has 1 aromatic heterocycles. The second-order valence-electron chi connectivity index (χ2n) is 2.71. The molecule has 62 valence electrons. The lowest BCUT2D eigenvalue weighted by atomic mass is 10.2. The highest BCUT2D eigenvalue weighted by Gasteiger charge is 2.10. The summed E-state index contributed by atoms with van der Waals surface area (Å²) in [5, 5.41) is 0. The monoisotopic (exact) mass is 163 g/mol. The van der Waals surface area contributed by atoms with Gasteiger partial charge in [0.1, 0.15) is 0 Å². The van der Waals surface area contributed by atoms with E-state index < -0.39 is 0 Å². The fourth-order valence-corrected chi connectivity index (χ4v) is 1.32. The molecule has 0 aliphatic carbocycles. The van der Waals surface area contributed by atoms with Crippen LogP contribution in [0.15, 0.2) is 23.1 Å². The molecule has 1 aliphatic rings. The van der Waals surface area contributed by atoms with Crippen LogP contribution in [0.4, 0.5) is 0 Å². The molecular weight excluding hydrogens is 154 g/mol.